The van der Waals surface area contributed by atoms with Gasteiger partial charge in [-0.1, -0.05) is 24.3 Å². The second-order valence-corrected chi connectivity index (χ2v) is 9.29. The Balaban J connectivity index is 1.22. The molecule has 1 saturated heterocycles. The van der Waals surface area contributed by atoms with Crippen LogP contribution in [0.15, 0.2) is 68.6 Å². The van der Waals surface area contributed by atoms with Crippen LogP contribution in [0, 0.1) is 12.8 Å². The number of pyridine rings is 1. The topological polar surface area (TPSA) is 81.8 Å². The van der Waals surface area contributed by atoms with Crippen molar-refractivity contribution in [3.8, 4) is 5.75 Å². The van der Waals surface area contributed by atoms with E-state index in [1.165, 1.54) is 0 Å². The molecule has 0 saturated carbocycles. The summed E-state index contributed by atoms with van der Waals surface area (Å²) in [6, 6.07) is 16.4. The molecule has 4 aromatic rings. The Hall–Kier alpha value is -3.87. The summed E-state index contributed by atoms with van der Waals surface area (Å²) in [4.78, 5) is 39.6. The first-order valence-electron chi connectivity index (χ1n) is 11.5. The van der Waals surface area contributed by atoms with Crippen molar-refractivity contribution in [2.24, 2.45) is 5.92 Å². The van der Waals surface area contributed by atoms with Crippen LogP contribution in [0.1, 0.15) is 23.6 Å². The standard InChI is InChI=1S/C27H24N2O5/c1-16-23(10-9-20-19-5-2-3-6-21(19)27(32)34-26(16)20)33-15-25(31)28-12-17-11-18(14-28)22-7-4-8-24(30)29(22)13-17/h2-10,17-18H,11-15H2,1H3/t17-,18-/m0/s1. The number of carbonyl (C=O) groups excluding carboxylic acids is 1. The summed E-state index contributed by atoms with van der Waals surface area (Å²) in [5.74, 6) is 0.866. The number of likely N-dealkylation sites (tertiary alicyclic amines) is 1. The van der Waals surface area contributed by atoms with E-state index in [2.05, 4.69) is 0 Å². The second kappa shape index (κ2) is 7.87. The van der Waals surface area contributed by atoms with E-state index >= 15 is 0 Å². The van der Waals surface area contributed by atoms with Crippen molar-refractivity contribution in [1.29, 1.82) is 0 Å². The molecule has 2 bridgehead atoms. The highest BCUT2D eigenvalue weighted by molar-refractivity contribution is 6.05. The minimum absolute atomic E-state index is 0.0292. The highest BCUT2D eigenvalue weighted by Crippen LogP contribution is 2.35. The molecule has 0 N–H and O–H groups in total. The molecule has 1 amide bonds. The van der Waals surface area contributed by atoms with E-state index < -0.39 is 5.63 Å². The van der Waals surface area contributed by atoms with Gasteiger partial charge in [-0.3, -0.25) is 9.59 Å². The van der Waals surface area contributed by atoms with E-state index in [9.17, 15) is 14.4 Å². The Kier molecular flexibility index (Phi) is 4.79. The highest BCUT2D eigenvalue weighted by atomic mass is 16.5. The zero-order valence-corrected chi connectivity index (χ0v) is 18.8. The largest absolute Gasteiger partial charge is 0.483 e. The van der Waals surface area contributed by atoms with Gasteiger partial charge in [-0.25, -0.2) is 4.79 Å². The number of nitrogens with zero attached hydrogens (tertiary/aromatic N) is 2. The summed E-state index contributed by atoms with van der Waals surface area (Å²) >= 11 is 0. The smallest absolute Gasteiger partial charge is 0.344 e. The predicted octanol–water partition coefficient (Wildman–Crippen LogP) is 3.44. The van der Waals surface area contributed by atoms with Gasteiger partial charge in [-0.2, -0.15) is 0 Å². The minimum Gasteiger partial charge on any atom is -0.483 e. The maximum Gasteiger partial charge on any atom is 0.344 e. The average Bonchev–Trinajstić information content (AvgIpc) is 2.85. The molecule has 7 heteroatoms. The van der Waals surface area contributed by atoms with Gasteiger partial charge in [-0.15, -0.1) is 0 Å². The quantitative estimate of drug-likeness (QED) is 0.348. The normalized spacial score (nSPS) is 19.3. The number of benzene rings is 2. The Morgan fingerprint density at radius 3 is 2.65 bits per heavy atom. The Morgan fingerprint density at radius 2 is 1.79 bits per heavy atom. The molecule has 7 nitrogen and oxygen atoms in total. The molecule has 2 aromatic carbocycles. The fourth-order valence-electron chi connectivity index (χ4n) is 5.55. The van der Waals surface area contributed by atoms with Gasteiger partial charge in [0.15, 0.2) is 6.61 Å². The zero-order valence-electron chi connectivity index (χ0n) is 18.8. The lowest BCUT2D eigenvalue weighted by atomic mass is 9.83. The molecule has 2 aliphatic rings. The predicted molar refractivity (Wildman–Crippen MR) is 128 cm³/mol. The zero-order chi connectivity index (χ0) is 23.4. The third-order valence-corrected chi connectivity index (χ3v) is 7.17. The molecule has 0 aliphatic carbocycles. The molecule has 1 fully saturated rings. The van der Waals surface area contributed by atoms with E-state index in [4.69, 9.17) is 9.15 Å². The van der Waals surface area contributed by atoms with Crippen LogP contribution in [-0.2, 0) is 11.3 Å². The van der Waals surface area contributed by atoms with Crippen LogP contribution >= 0.6 is 0 Å². The number of aromatic nitrogens is 1. The minimum atomic E-state index is -0.390. The first-order valence-corrected chi connectivity index (χ1v) is 11.5. The van der Waals surface area contributed by atoms with E-state index in [-0.39, 0.29) is 29.9 Å². The summed E-state index contributed by atoms with van der Waals surface area (Å²) < 4.78 is 13.4. The van der Waals surface area contributed by atoms with Crippen molar-refractivity contribution in [2.75, 3.05) is 19.7 Å². The number of rotatable bonds is 3. The Labute approximate surface area is 195 Å². The molecule has 0 unspecified atom stereocenters. The van der Waals surface area contributed by atoms with Crippen molar-refractivity contribution < 1.29 is 13.9 Å². The van der Waals surface area contributed by atoms with Crippen molar-refractivity contribution in [2.45, 2.75) is 25.8 Å². The molecule has 2 aliphatic heterocycles. The first-order chi connectivity index (χ1) is 16.5. The Bertz CT molecular complexity index is 1570. The summed E-state index contributed by atoms with van der Waals surface area (Å²) in [7, 11) is 0. The van der Waals surface area contributed by atoms with Gasteiger partial charge in [0.05, 0.1) is 5.39 Å². The monoisotopic (exact) mass is 456 g/mol. The van der Waals surface area contributed by atoms with Crippen LogP contribution in [0.25, 0.3) is 21.7 Å². The molecule has 0 spiro atoms. The first kappa shape index (κ1) is 20.7. The molecule has 2 atom stereocenters. The number of carbonyl (C=O) groups is 1. The SMILES string of the molecule is Cc1c(OCC(=O)N2C[C@@H]3C[C@@H](C2)c2cccc(=O)n2C3)ccc2c1oc(=O)c1ccccc12. The van der Waals surface area contributed by atoms with E-state index in [1.807, 2.05) is 52.8 Å². The number of ether oxygens (including phenoxy) is 1. The van der Waals surface area contributed by atoms with Crippen LogP contribution in [0.5, 0.6) is 5.75 Å². The average molecular weight is 456 g/mol. The summed E-state index contributed by atoms with van der Waals surface area (Å²) in [5.41, 5.74) is 1.81. The van der Waals surface area contributed by atoms with Crippen LogP contribution in [0.4, 0.5) is 0 Å². The number of amides is 1. The molecular weight excluding hydrogens is 432 g/mol. The maximum absolute atomic E-state index is 13.0. The fraction of sp³-hybridized carbons (Fsp3) is 0.296. The van der Waals surface area contributed by atoms with Crippen molar-refractivity contribution in [3.63, 3.8) is 0 Å². The van der Waals surface area contributed by atoms with Crippen molar-refractivity contribution >= 4 is 27.6 Å². The summed E-state index contributed by atoms with van der Waals surface area (Å²) in [5, 5.41) is 2.21. The molecule has 2 aromatic heterocycles. The van der Waals surface area contributed by atoms with Crippen LogP contribution in [0.3, 0.4) is 0 Å². The molecule has 172 valence electrons. The maximum atomic E-state index is 13.0. The Morgan fingerprint density at radius 1 is 0.971 bits per heavy atom. The van der Waals surface area contributed by atoms with Crippen LogP contribution in [0.2, 0.25) is 0 Å². The van der Waals surface area contributed by atoms with Gasteiger partial charge in [0.25, 0.3) is 11.5 Å². The van der Waals surface area contributed by atoms with Crippen molar-refractivity contribution in [1.82, 2.24) is 9.47 Å². The summed E-state index contributed by atoms with van der Waals surface area (Å²) in [6.07, 6.45) is 0.991. The lowest BCUT2D eigenvalue weighted by Crippen LogP contribution is -2.50. The molecule has 6 rings (SSSR count). The van der Waals surface area contributed by atoms with Crippen LogP contribution < -0.4 is 15.9 Å². The number of hydrogen-bond donors (Lipinski definition) is 0. The fourth-order valence-corrected chi connectivity index (χ4v) is 5.55. The molecular formula is C27H24N2O5. The molecule has 34 heavy (non-hydrogen) atoms. The number of fused-ring (bicyclic) bond motifs is 7. The lowest BCUT2D eigenvalue weighted by Gasteiger charge is -2.42. The van der Waals surface area contributed by atoms with Gasteiger partial charge in [0, 0.05) is 48.3 Å². The number of aryl methyl sites for hydroxylation is 1. The van der Waals surface area contributed by atoms with Gasteiger partial charge in [0.2, 0.25) is 0 Å². The third-order valence-electron chi connectivity index (χ3n) is 7.17. The third kappa shape index (κ3) is 3.31. The van der Waals surface area contributed by atoms with Crippen molar-refractivity contribution in [3.05, 3.63) is 86.6 Å². The van der Waals surface area contributed by atoms with E-state index in [0.29, 0.717) is 41.9 Å². The van der Waals surface area contributed by atoms with E-state index in [1.54, 1.807) is 18.2 Å². The molecule has 4 heterocycles. The molecule has 0 radical (unpaired) electrons. The van der Waals surface area contributed by atoms with Gasteiger partial charge >= 0.3 is 5.63 Å². The number of hydrogen-bond acceptors (Lipinski definition) is 5. The second-order valence-electron chi connectivity index (χ2n) is 9.29. The van der Waals surface area contributed by atoms with Gasteiger partial charge in [-0.05, 0) is 48.9 Å². The lowest BCUT2D eigenvalue weighted by molar-refractivity contribution is -0.136. The van der Waals surface area contributed by atoms with Gasteiger partial charge < -0.3 is 18.6 Å². The highest BCUT2D eigenvalue weighted by Gasteiger charge is 2.36. The number of piperidine rings is 1. The van der Waals surface area contributed by atoms with Gasteiger partial charge in [0.1, 0.15) is 11.3 Å². The van der Waals surface area contributed by atoms with Crippen LogP contribution in [-0.4, -0.2) is 35.1 Å². The summed E-state index contributed by atoms with van der Waals surface area (Å²) in [6.45, 7) is 3.59. The van der Waals surface area contributed by atoms with E-state index in [0.717, 1.165) is 22.9 Å².